The molecular weight excluding hydrogens is 171 g/mol. The first kappa shape index (κ1) is 8.93. The van der Waals surface area contributed by atoms with Gasteiger partial charge in [0.05, 0.1) is 6.10 Å². The zero-order valence-electron chi connectivity index (χ0n) is 6.29. The van der Waals surface area contributed by atoms with E-state index in [2.05, 4.69) is 0 Å². The van der Waals surface area contributed by atoms with Crippen LogP contribution < -0.4 is 0 Å². The Balaban J connectivity index is 2.43. The van der Waals surface area contributed by atoms with Crippen LogP contribution >= 0.6 is 0 Å². The van der Waals surface area contributed by atoms with Crippen molar-refractivity contribution in [1.29, 1.82) is 0 Å². The van der Waals surface area contributed by atoms with Crippen LogP contribution in [0.2, 0.25) is 0 Å². The first-order valence-corrected chi connectivity index (χ1v) is 5.03. The van der Waals surface area contributed by atoms with Gasteiger partial charge in [0.25, 0.3) is 0 Å². The molecule has 0 radical (unpaired) electrons. The molecule has 1 aliphatic carbocycles. The van der Waals surface area contributed by atoms with Gasteiger partial charge in [-0.2, -0.15) is 8.42 Å². The third-order valence-corrected chi connectivity index (χ3v) is 2.54. The van der Waals surface area contributed by atoms with Crippen LogP contribution in [0.1, 0.15) is 12.8 Å². The number of rotatable bonds is 4. The van der Waals surface area contributed by atoms with Gasteiger partial charge in [-0.1, -0.05) is 0 Å². The minimum absolute atomic E-state index is 0.255. The van der Waals surface area contributed by atoms with Crippen molar-refractivity contribution in [3.63, 3.8) is 0 Å². The first-order valence-electron chi connectivity index (χ1n) is 3.48. The lowest BCUT2D eigenvalue weighted by molar-refractivity contribution is 0.102. The highest BCUT2D eigenvalue weighted by molar-refractivity contribution is 7.86. The zero-order chi connectivity index (χ0) is 8.48. The Labute approximate surface area is 65.8 Å². The fourth-order valence-corrected chi connectivity index (χ4v) is 1.86. The van der Waals surface area contributed by atoms with Gasteiger partial charge < -0.3 is 4.74 Å². The Hall–Kier alpha value is -0.160. The van der Waals surface area contributed by atoms with Crippen LogP contribution in [0.5, 0.6) is 0 Å². The molecule has 0 bridgehead atoms. The number of halogens is 1. The van der Waals surface area contributed by atoms with Crippen molar-refractivity contribution >= 4 is 10.2 Å². The molecule has 0 aromatic heterocycles. The number of hydrogen-bond donors (Lipinski definition) is 0. The quantitative estimate of drug-likeness (QED) is 0.601. The summed E-state index contributed by atoms with van der Waals surface area (Å²) in [7, 11) is -2.95. The maximum Gasteiger partial charge on any atom is 0.304 e. The molecule has 0 saturated heterocycles. The molecule has 0 N–H and O–H groups in total. The van der Waals surface area contributed by atoms with Gasteiger partial charge in [-0.3, -0.25) is 0 Å². The average Bonchev–Trinajstić information content (AvgIpc) is 2.61. The van der Waals surface area contributed by atoms with Crippen molar-refractivity contribution in [2.24, 2.45) is 5.92 Å². The molecule has 1 rings (SSSR count). The molecule has 0 aromatic carbocycles. The predicted octanol–water partition coefficient (Wildman–Crippen LogP) is 0.711. The summed E-state index contributed by atoms with van der Waals surface area (Å²) in [5.74, 6) is -0.237. The Morgan fingerprint density at radius 3 is 2.45 bits per heavy atom. The second kappa shape index (κ2) is 3.06. The molecule has 1 unspecified atom stereocenters. The molecular formula is C6H11FO3S. The van der Waals surface area contributed by atoms with Gasteiger partial charge >= 0.3 is 10.2 Å². The lowest BCUT2D eigenvalue weighted by Crippen LogP contribution is -2.22. The molecule has 0 amide bonds. The van der Waals surface area contributed by atoms with Crippen LogP contribution in [0.25, 0.3) is 0 Å². The second-order valence-electron chi connectivity index (χ2n) is 2.82. The summed E-state index contributed by atoms with van der Waals surface area (Å²) >= 11 is 0. The van der Waals surface area contributed by atoms with E-state index in [1.165, 1.54) is 7.11 Å². The average molecular weight is 182 g/mol. The van der Waals surface area contributed by atoms with Crippen LogP contribution in [0, 0.1) is 5.92 Å². The molecule has 3 nitrogen and oxygen atoms in total. The molecule has 66 valence electrons. The van der Waals surface area contributed by atoms with E-state index in [4.69, 9.17) is 4.74 Å². The fraction of sp³-hybridized carbons (Fsp3) is 1.00. The van der Waals surface area contributed by atoms with E-state index in [0.717, 1.165) is 12.8 Å². The second-order valence-corrected chi connectivity index (χ2v) is 4.23. The van der Waals surface area contributed by atoms with Crippen LogP contribution in [-0.4, -0.2) is 27.4 Å². The summed E-state index contributed by atoms with van der Waals surface area (Å²) < 4.78 is 37.3. The first-order chi connectivity index (χ1) is 5.03. The van der Waals surface area contributed by atoms with E-state index in [1.807, 2.05) is 0 Å². The van der Waals surface area contributed by atoms with E-state index in [0.29, 0.717) is 0 Å². The monoisotopic (exact) mass is 182 g/mol. The van der Waals surface area contributed by atoms with Gasteiger partial charge in [0.2, 0.25) is 0 Å². The number of ether oxygens (including phenoxy) is 1. The van der Waals surface area contributed by atoms with Gasteiger partial charge in [0, 0.05) is 7.11 Å². The minimum atomic E-state index is -4.37. The zero-order valence-corrected chi connectivity index (χ0v) is 7.10. The summed E-state index contributed by atoms with van der Waals surface area (Å²) in [6.07, 6.45) is 1.46. The van der Waals surface area contributed by atoms with Crippen molar-refractivity contribution in [2.45, 2.75) is 18.9 Å². The molecule has 11 heavy (non-hydrogen) atoms. The van der Waals surface area contributed by atoms with E-state index >= 15 is 0 Å². The van der Waals surface area contributed by atoms with Crippen molar-refractivity contribution in [2.75, 3.05) is 12.9 Å². The number of hydrogen-bond acceptors (Lipinski definition) is 3. The molecule has 5 heteroatoms. The smallest absolute Gasteiger partial charge is 0.304 e. The van der Waals surface area contributed by atoms with Crippen LogP contribution in [-0.2, 0) is 15.0 Å². The van der Waals surface area contributed by atoms with Crippen LogP contribution in [0.4, 0.5) is 3.89 Å². The molecule has 1 atom stereocenters. The summed E-state index contributed by atoms with van der Waals surface area (Å²) in [5.41, 5.74) is 0. The summed E-state index contributed by atoms with van der Waals surface area (Å²) in [6, 6.07) is 0. The topological polar surface area (TPSA) is 43.4 Å². The maximum atomic E-state index is 12.1. The molecule has 0 heterocycles. The number of methoxy groups -OCH3 is 1. The highest BCUT2D eigenvalue weighted by Crippen LogP contribution is 2.34. The SMILES string of the molecule is COC(CS(=O)(=O)F)C1CC1. The van der Waals surface area contributed by atoms with E-state index in [-0.39, 0.29) is 5.92 Å². The molecule has 1 aliphatic rings. The lowest BCUT2D eigenvalue weighted by Gasteiger charge is -2.10. The van der Waals surface area contributed by atoms with Gasteiger partial charge in [0.15, 0.2) is 0 Å². The molecule has 1 fully saturated rings. The normalized spacial score (nSPS) is 21.6. The largest absolute Gasteiger partial charge is 0.380 e. The Bertz CT molecular complexity index is 220. The van der Waals surface area contributed by atoms with E-state index in [1.54, 1.807) is 0 Å². The Kier molecular flexibility index (Phi) is 2.49. The van der Waals surface area contributed by atoms with E-state index < -0.39 is 22.1 Å². The highest BCUT2D eigenvalue weighted by Gasteiger charge is 2.34. The van der Waals surface area contributed by atoms with Gasteiger partial charge in [-0.25, -0.2) is 0 Å². The Morgan fingerprint density at radius 2 is 2.18 bits per heavy atom. The van der Waals surface area contributed by atoms with Crippen molar-refractivity contribution in [3.8, 4) is 0 Å². The third kappa shape index (κ3) is 3.16. The van der Waals surface area contributed by atoms with Crippen molar-refractivity contribution in [1.82, 2.24) is 0 Å². The molecule has 0 spiro atoms. The summed E-state index contributed by atoms with van der Waals surface area (Å²) in [4.78, 5) is 0. The lowest BCUT2D eigenvalue weighted by atomic mass is 10.3. The fourth-order valence-electron chi connectivity index (χ4n) is 1.06. The van der Waals surface area contributed by atoms with Crippen molar-refractivity contribution < 1.29 is 17.0 Å². The highest BCUT2D eigenvalue weighted by atomic mass is 32.3. The minimum Gasteiger partial charge on any atom is -0.380 e. The maximum absolute atomic E-state index is 12.1. The predicted molar refractivity (Wildman–Crippen MR) is 38.4 cm³/mol. The molecule has 0 aliphatic heterocycles. The third-order valence-electron chi connectivity index (χ3n) is 1.81. The van der Waals surface area contributed by atoms with E-state index in [9.17, 15) is 12.3 Å². The standard InChI is InChI=1S/C6H11FO3S/c1-10-6(5-2-3-5)4-11(7,8)9/h5-6H,2-4H2,1H3. The molecule has 1 saturated carbocycles. The van der Waals surface area contributed by atoms with Crippen LogP contribution in [0.15, 0.2) is 0 Å². The van der Waals surface area contributed by atoms with Gasteiger partial charge in [-0.05, 0) is 18.8 Å². The van der Waals surface area contributed by atoms with Gasteiger partial charge in [0.1, 0.15) is 5.75 Å². The Morgan fingerprint density at radius 1 is 1.64 bits per heavy atom. The van der Waals surface area contributed by atoms with Crippen molar-refractivity contribution in [3.05, 3.63) is 0 Å². The summed E-state index contributed by atoms with van der Waals surface area (Å²) in [6.45, 7) is 0. The van der Waals surface area contributed by atoms with Crippen LogP contribution in [0.3, 0.4) is 0 Å². The summed E-state index contributed by atoms with van der Waals surface area (Å²) in [5, 5.41) is 0. The van der Waals surface area contributed by atoms with Gasteiger partial charge in [-0.15, -0.1) is 3.89 Å². The molecule has 0 aromatic rings.